The molecule has 0 radical (unpaired) electrons. The molecule has 70 valence electrons. The van der Waals surface area contributed by atoms with E-state index < -0.39 is 0 Å². The van der Waals surface area contributed by atoms with Gasteiger partial charge in [-0.1, -0.05) is 0 Å². The molecule has 0 aromatic heterocycles. The van der Waals surface area contributed by atoms with Crippen LogP contribution in [0.1, 0.15) is 6.42 Å². The number of nitriles is 1. The molecule has 13 heavy (non-hydrogen) atoms. The van der Waals surface area contributed by atoms with Gasteiger partial charge in [0.15, 0.2) is 0 Å². The Morgan fingerprint density at radius 2 is 2.08 bits per heavy atom. The van der Waals surface area contributed by atoms with Gasteiger partial charge in [0.05, 0.1) is 19.3 Å². The minimum atomic E-state index is -0.0306. The summed E-state index contributed by atoms with van der Waals surface area (Å²) < 4.78 is 5.30. The van der Waals surface area contributed by atoms with Crippen molar-refractivity contribution in [2.75, 3.05) is 26.3 Å². The summed E-state index contributed by atoms with van der Waals surface area (Å²) in [5.74, 6) is 1.00. The first kappa shape index (κ1) is 8.52. The van der Waals surface area contributed by atoms with Crippen LogP contribution in [0.5, 0.6) is 0 Å². The second-order valence-corrected chi connectivity index (χ2v) is 3.69. The predicted molar refractivity (Wildman–Crippen MR) is 44.6 cm³/mol. The second-order valence-electron chi connectivity index (χ2n) is 3.69. The summed E-state index contributed by atoms with van der Waals surface area (Å²) in [5.41, 5.74) is 0. The first-order chi connectivity index (χ1) is 6.31. The molecule has 4 nitrogen and oxygen atoms in total. The van der Waals surface area contributed by atoms with Crippen LogP contribution >= 0.6 is 0 Å². The van der Waals surface area contributed by atoms with Gasteiger partial charge in [0.2, 0.25) is 5.91 Å². The lowest BCUT2D eigenvalue weighted by atomic mass is 10.0. The normalized spacial score (nSPS) is 31.5. The fourth-order valence-corrected chi connectivity index (χ4v) is 2.07. The van der Waals surface area contributed by atoms with E-state index in [0.717, 1.165) is 26.3 Å². The van der Waals surface area contributed by atoms with E-state index in [1.54, 1.807) is 4.90 Å². The van der Waals surface area contributed by atoms with Crippen LogP contribution in [0.3, 0.4) is 0 Å². The van der Waals surface area contributed by atoms with Gasteiger partial charge in [-0.2, -0.15) is 5.26 Å². The van der Waals surface area contributed by atoms with Gasteiger partial charge in [0, 0.05) is 24.9 Å². The van der Waals surface area contributed by atoms with E-state index in [4.69, 9.17) is 10.00 Å². The number of fused-ring (bicyclic) bond motifs is 1. The lowest BCUT2D eigenvalue weighted by Gasteiger charge is -2.15. The van der Waals surface area contributed by atoms with Crippen molar-refractivity contribution in [1.29, 1.82) is 5.26 Å². The fraction of sp³-hybridized carbons (Fsp3) is 0.778. The summed E-state index contributed by atoms with van der Waals surface area (Å²) in [6, 6.07) is 1.89. The number of hydrogen-bond acceptors (Lipinski definition) is 3. The molecule has 2 aliphatic rings. The maximum atomic E-state index is 11.3. The third kappa shape index (κ3) is 1.52. The number of rotatable bonds is 1. The molecule has 2 fully saturated rings. The van der Waals surface area contributed by atoms with Crippen molar-refractivity contribution in [2.24, 2.45) is 11.8 Å². The average Bonchev–Trinajstić information content (AvgIpc) is 2.61. The zero-order valence-electron chi connectivity index (χ0n) is 7.40. The summed E-state index contributed by atoms with van der Waals surface area (Å²) in [6.07, 6.45) is 0.0142. The Kier molecular flexibility index (Phi) is 2.19. The van der Waals surface area contributed by atoms with Crippen LogP contribution in [0.4, 0.5) is 0 Å². The number of ether oxygens (including phenoxy) is 1. The van der Waals surface area contributed by atoms with Crippen LogP contribution in [0.25, 0.3) is 0 Å². The summed E-state index contributed by atoms with van der Waals surface area (Å²) in [5, 5.41) is 8.38. The van der Waals surface area contributed by atoms with Crippen molar-refractivity contribution in [1.82, 2.24) is 4.90 Å². The molecule has 4 heteroatoms. The van der Waals surface area contributed by atoms with Crippen molar-refractivity contribution >= 4 is 5.91 Å². The van der Waals surface area contributed by atoms with Gasteiger partial charge in [-0.25, -0.2) is 0 Å². The van der Waals surface area contributed by atoms with Crippen molar-refractivity contribution in [3.05, 3.63) is 0 Å². The number of likely N-dealkylation sites (tertiary alicyclic amines) is 1. The SMILES string of the molecule is N#CCC(=O)N1C[C@H]2COC[C@@H]2C1. The third-order valence-corrected chi connectivity index (χ3v) is 2.82. The first-order valence-electron chi connectivity index (χ1n) is 4.53. The van der Waals surface area contributed by atoms with E-state index in [1.807, 2.05) is 6.07 Å². The lowest BCUT2D eigenvalue weighted by Crippen LogP contribution is -2.29. The Morgan fingerprint density at radius 1 is 1.46 bits per heavy atom. The smallest absolute Gasteiger partial charge is 0.236 e. The van der Waals surface area contributed by atoms with Crippen LogP contribution in [0, 0.1) is 23.2 Å². The molecule has 2 atom stereocenters. The van der Waals surface area contributed by atoms with Crippen LogP contribution in [-0.2, 0) is 9.53 Å². The minimum Gasteiger partial charge on any atom is -0.381 e. The molecule has 1 amide bonds. The maximum absolute atomic E-state index is 11.3. The second kappa shape index (κ2) is 3.35. The van der Waals surface area contributed by atoms with Gasteiger partial charge in [0.25, 0.3) is 0 Å². The van der Waals surface area contributed by atoms with E-state index in [1.165, 1.54) is 0 Å². The molecule has 0 aromatic carbocycles. The van der Waals surface area contributed by atoms with Gasteiger partial charge in [0.1, 0.15) is 6.42 Å². The highest BCUT2D eigenvalue weighted by atomic mass is 16.5. The highest BCUT2D eigenvalue weighted by Crippen LogP contribution is 2.29. The van der Waals surface area contributed by atoms with E-state index in [2.05, 4.69) is 0 Å². The average molecular weight is 180 g/mol. The molecule has 0 spiro atoms. The number of carbonyl (C=O) groups excluding carboxylic acids is 1. The zero-order chi connectivity index (χ0) is 9.26. The van der Waals surface area contributed by atoms with E-state index >= 15 is 0 Å². The number of amides is 1. The number of nitrogens with zero attached hydrogens (tertiary/aromatic N) is 2. The molecule has 0 bridgehead atoms. The van der Waals surface area contributed by atoms with Gasteiger partial charge < -0.3 is 9.64 Å². The predicted octanol–water partition coefficient (Wildman–Crippen LogP) is 0.00488. The summed E-state index contributed by atoms with van der Waals surface area (Å²) in [6.45, 7) is 3.12. The monoisotopic (exact) mass is 180 g/mol. The lowest BCUT2D eigenvalue weighted by molar-refractivity contribution is -0.129. The van der Waals surface area contributed by atoms with Gasteiger partial charge in [-0.15, -0.1) is 0 Å². The van der Waals surface area contributed by atoms with Gasteiger partial charge >= 0.3 is 0 Å². The third-order valence-electron chi connectivity index (χ3n) is 2.82. The van der Waals surface area contributed by atoms with Gasteiger partial charge in [-0.3, -0.25) is 4.79 Å². The molecular weight excluding hydrogens is 168 g/mol. The van der Waals surface area contributed by atoms with Crippen molar-refractivity contribution in [3.8, 4) is 6.07 Å². The largest absolute Gasteiger partial charge is 0.381 e. The van der Waals surface area contributed by atoms with E-state index in [9.17, 15) is 4.79 Å². The molecule has 0 unspecified atom stereocenters. The topological polar surface area (TPSA) is 53.3 Å². The van der Waals surface area contributed by atoms with E-state index in [-0.39, 0.29) is 12.3 Å². The molecule has 2 heterocycles. The minimum absolute atomic E-state index is 0.0142. The number of carbonyl (C=O) groups is 1. The maximum Gasteiger partial charge on any atom is 0.236 e. The molecule has 0 saturated carbocycles. The van der Waals surface area contributed by atoms with Crippen molar-refractivity contribution < 1.29 is 9.53 Å². The Bertz CT molecular complexity index is 247. The van der Waals surface area contributed by atoms with Crippen LogP contribution < -0.4 is 0 Å². The number of hydrogen-bond donors (Lipinski definition) is 0. The highest BCUT2D eigenvalue weighted by molar-refractivity contribution is 5.78. The molecule has 2 saturated heterocycles. The zero-order valence-corrected chi connectivity index (χ0v) is 7.40. The summed E-state index contributed by atoms with van der Waals surface area (Å²) >= 11 is 0. The van der Waals surface area contributed by atoms with Gasteiger partial charge in [-0.05, 0) is 0 Å². The van der Waals surface area contributed by atoms with Crippen LogP contribution in [0.15, 0.2) is 0 Å². The molecule has 2 aliphatic heterocycles. The first-order valence-corrected chi connectivity index (χ1v) is 4.53. The van der Waals surface area contributed by atoms with Crippen molar-refractivity contribution in [2.45, 2.75) is 6.42 Å². The Morgan fingerprint density at radius 3 is 2.62 bits per heavy atom. The Labute approximate surface area is 77.1 Å². The van der Waals surface area contributed by atoms with Crippen LogP contribution in [0.2, 0.25) is 0 Å². The van der Waals surface area contributed by atoms with Crippen LogP contribution in [-0.4, -0.2) is 37.1 Å². The molecular formula is C9H12N2O2. The fourth-order valence-electron chi connectivity index (χ4n) is 2.07. The molecule has 0 aromatic rings. The van der Waals surface area contributed by atoms with E-state index in [0.29, 0.717) is 11.8 Å². The molecule has 2 rings (SSSR count). The Balaban J connectivity index is 1.92. The Hall–Kier alpha value is -1.08. The highest BCUT2D eigenvalue weighted by Gasteiger charge is 2.38. The summed E-state index contributed by atoms with van der Waals surface area (Å²) in [7, 11) is 0. The quantitative estimate of drug-likeness (QED) is 0.571. The summed E-state index contributed by atoms with van der Waals surface area (Å²) in [4.78, 5) is 13.1. The standard InChI is InChI=1S/C9H12N2O2/c10-2-1-9(12)11-3-7-5-13-6-8(7)4-11/h7-8H,1,3-6H2/t7-,8-/m0/s1. The molecule has 0 N–H and O–H groups in total. The van der Waals surface area contributed by atoms with Crippen molar-refractivity contribution in [3.63, 3.8) is 0 Å². The molecule has 0 aliphatic carbocycles.